The van der Waals surface area contributed by atoms with Crippen LogP contribution in [0.1, 0.15) is 16.2 Å². The van der Waals surface area contributed by atoms with Gasteiger partial charge in [-0.3, -0.25) is 4.79 Å². The Bertz CT molecular complexity index is 943. The summed E-state index contributed by atoms with van der Waals surface area (Å²) in [7, 11) is 0. The van der Waals surface area contributed by atoms with Gasteiger partial charge < -0.3 is 20.5 Å². The van der Waals surface area contributed by atoms with E-state index in [-0.39, 0.29) is 23.0 Å². The number of nitrogens with zero attached hydrogens (tertiary/aromatic N) is 2. The van der Waals surface area contributed by atoms with Gasteiger partial charge in [-0.2, -0.15) is 0 Å². The maximum absolute atomic E-state index is 12.4. The number of fused-ring (bicyclic) bond motifs is 1. The molecular weight excluding hydrogens is 348 g/mol. The van der Waals surface area contributed by atoms with Gasteiger partial charge in [0.15, 0.2) is 11.4 Å². The summed E-state index contributed by atoms with van der Waals surface area (Å²) >= 11 is 6.06. The van der Waals surface area contributed by atoms with Crippen molar-refractivity contribution in [1.82, 2.24) is 20.3 Å². The van der Waals surface area contributed by atoms with Crippen molar-refractivity contribution in [3.63, 3.8) is 0 Å². The Kier molecular flexibility index (Phi) is 4.53. The van der Waals surface area contributed by atoms with Crippen LogP contribution in [-0.4, -0.2) is 43.1 Å². The SMILES string of the molecule is O=C(N[C@@H](Cc1c[nH]cn1)C(=O)O)c1nc(Cl)c2ccccc2c1O. The Morgan fingerprint density at radius 2 is 2.00 bits per heavy atom. The van der Waals surface area contributed by atoms with Crippen LogP contribution >= 0.6 is 11.6 Å². The van der Waals surface area contributed by atoms with Gasteiger partial charge in [-0.1, -0.05) is 35.9 Å². The number of imidazole rings is 1. The van der Waals surface area contributed by atoms with Gasteiger partial charge in [-0.25, -0.2) is 14.8 Å². The van der Waals surface area contributed by atoms with E-state index in [1.807, 2.05) is 0 Å². The normalized spacial score (nSPS) is 12.0. The molecule has 4 N–H and O–H groups in total. The maximum Gasteiger partial charge on any atom is 0.326 e. The molecule has 0 aliphatic carbocycles. The van der Waals surface area contributed by atoms with Gasteiger partial charge in [0.2, 0.25) is 0 Å². The molecule has 25 heavy (non-hydrogen) atoms. The molecule has 0 saturated carbocycles. The van der Waals surface area contributed by atoms with E-state index < -0.39 is 17.9 Å². The third-order valence-corrected chi connectivity index (χ3v) is 3.91. The number of aromatic hydroxyl groups is 1. The predicted octanol–water partition coefficient (Wildman–Crippen LogP) is 1.74. The topological polar surface area (TPSA) is 128 Å². The number of aromatic amines is 1. The predicted molar refractivity (Wildman–Crippen MR) is 89.6 cm³/mol. The molecule has 1 aromatic carbocycles. The van der Waals surface area contributed by atoms with E-state index in [4.69, 9.17) is 11.6 Å². The lowest BCUT2D eigenvalue weighted by Crippen LogP contribution is -2.42. The van der Waals surface area contributed by atoms with Crippen LogP contribution in [0.4, 0.5) is 0 Å². The molecule has 0 aliphatic rings. The number of carbonyl (C=O) groups excluding carboxylic acids is 1. The molecule has 0 radical (unpaired) electrons. The third-order valence-electron chi connectivity index (χ3n) is 3.63. The van der Waals surface area contributed by atoms with Crippen molar-refractivity contribution >= 4 is 34.2 Å². The highest BCUT2D eigenvalue weighted by atomic mass is 35.5. The number of hydrogen-bond acceptors (Lipinski definition) is 5. The quantitative estimate of drug-likeness (QED) is 0.513. The molecule has 3 aromatic rings. The second kappa shape index (κ2) is 6.78. The van der Waals surface area contributed by atoms with Gasteiger partial charge in [0, 0.05) is 23.4 Å². The number of carboxylic acid groups (broad SMARTS) is 1. The highest BCUT2D eigenvalue weighted by Gasteiger charge is 2.25. The van der Waals surface area contributed by atoms with Crippen molar-refractivity contribution in [2.75, 3.05) is 0 Å². The smallest absolute Gasteiger partial charge is 0.326 e. The number of carbonyl (C=O) groups is 2. The zero-order valence-corrected chi connectivity index (χ0v) is 13.5. The lowest BCUT2D eigenvalue weighted by atomic mass is 10.1. The molecule has 0 aliphatic heterocycles. The molecule has 1 amide bonds. The Labute approximate surface area is 146 Å². The summed E-state index contributed by atoms with van der Waals surface area (Å²) < 4.78 is 0. The average Bonchev–Trinajstić information content (AvgIpc) is 3.10. The zero-order valence-electron chi connectivity index (χ0n) is 12.7. The number of pyridine rings is 1. The standard InChI is InChI=1S/C16H13ClN4O4/c17-14-10-4-2-1-3-9(10)13(22)12(21-14)15(23)20-11(16(24)25)5-8-6-18-7-19-8/h1-4,6-7,11,22H,5H2,(H,18,19)(H,20,23)(H,24,25)/t11-/m0/s1. The van der Waals surface area contributed by atoms with Gasteiger partial charge in [0.1, 0.15) is 11.2 Å². The summed E-state index contributed by atoms with van der Waals surface area (Å²) in [6, 6.07) is 5.41. The summed E-state index contributed by atoms with van der Waals surface area (Å²) in [6.45, 7) is 0. The third kappa shape index (κ3) is 3.38. The van der Waals surface area contributed by atoms with Crippen molar-refractivity contribution in [3.8, 4) is 5.75 Å². The first-order chi connectivity index (χ1) is 12.0. The second-order valence-electron chi connectivity index (χ2n) is 5.27. The van der Waals surface area contributed by atoms with E-state index in [0.717, 1.165) is 0 Å². The molecule has 8 nitrogen and oxygen atoms in total. The van der Waals surface area contributed by atoms with E-state index >= 15 is 0 Å². The number of carboxylic acids is 1. The number of aliphatic carboxylic acids is 1. The Hall–Kier alpha value is -3.13. The molecule has 0 spiro atoms. The monoisotopic (exact) mass is 360 g/mol. The molecule has 0 bridgehead atoms. The highest BCUT2D eigenvalue weighted by Crippen LogP contribution is 2.31. The molecule has 0 saturated heterocycles. The molecule has 2 heterocycles. The number of H-pyrrole nitrogens is 1. The van der Waals surface area contributed by atoms with E-state index in [1.165, 1.54) is 12.5 Å². The summed E-state index contributed by atoms with van der Waals surface area (Å²) in [4.78, 5) is 34.4. The van der Waals surface area contributed by atoms with Crippen LogP contribution in [0.5, 0.6) is 5.75 Å². The fraction of sp³-hybridized carbons (Fsp3) is 0.125. The van der Waals surface area contributed by atoms with Crippen molar-refractivity contribution in [2.45, 2.75) is 12.5 Å². The Balaban J connectivity index is 1.90. The van der Waals surface area contributed by atoms with Crippen molar-refractivity contribution in [1.29, 1.82) is 0 Å². The van der Waals surface area contributed by atoms with Crippen molar-refractivity contribution in [3.05, 3.63) is 53.3 Å². The van der Waals surface area contributed by atoms with Crippen LogP contribution < -0.4 is 5.32 Å². The van der Waals surface area contributed by atoms with Crippen molar-refractivity contribution in [2.24, 2.45) is 0 Å². The zero-order chi connectivity index (χ0) is 18.0. The fourth-order valence-electron chi connectivity index (χ4n) is 2.41. The summed E-state index contributed by atoms with van der Waals surface area (Å²) in [5, 5.41) is 22.8. The van der Waals surface area contributed by atoms with Crippen LogP contribution in [0.25, 0.3) is 10.8 Å². The Morgan fingerprint density at radius 1 is 1.28 bits per heavy atom. The summed E-state index contributed by atoms with van der Waals surface area (Å²) in [6.07, 6.45) is 2.92. The second-order valence-corrected chi connectivity index (χ2v) is 5.63. The number of hydrogen-bond donors (Lipinski definition) is 4. The molecule has 3 rings (SSSR count). The minimum atomic E-state index is -1.23. The largest absolute Gasteiger partial charge is 0.505 e. The number of amides is 1. The molecule has 0 unspecified atom stereocenters. The van der Waals surface area contributed by atoms with Crippen LogP contribution in [0.15, 0.2) is 36.8 Å². The van der Waals surface area contributed by atoms with E-state index in [1.54, 1.807) is 24.3 Å². The minimum absolute atomic E-state index is 0.0212. The van der Waals surface area contributed by atoms with E-state index in [0.29, 0.717) is 16.5 Å². The van der Waals surface area contributed by atoms with Crippen LogP contribution in [0.3, 0.4) is 0 Å². The Morgan fingerprint density at radius 3 is 2.64 bits per heavy atom. The van der Waals surface area contributed by atoms with E-state index in [9.17, 15) is 19.8 Å². The van der Waals surface area contributed by atoms with Crippen LogP contribution in [-0.2, 0) is 11.2 Å². The summed E-state index contributed by atoms with van der Waals surface area (Å²) in [5.41, 5.74) is 0.137. The number of nitrogens with one attached hydrogen (secondary N) is 2. The van der Waals surface area contributed by atoms with Crippen LogP contribution in [0.2, 0.25) is 5.15 Å². The van der Waals surface area contributed by atoms with Gasteiger partial charge in [0.25, 0.3) is 5.91 Å². The molecule has 0 fully saturated rings. The van der Waals surface area contributed by atoms with Crippen molar-refractivity contribution < 1.29 is 19.8 Å². The number of aromatic nitrogens is 3. The van der Waals surface area contributed by atoms with Gasteiger partial charge in [-0.15, -0.1) is 0 Å². The summed E-state index contributed by atoms with van der Waals surface area (Å²) in [5.74, 6) is -2.43. The minimum Gasteiger partial charge on any atom is -0.505 e. The first kappa shape index (κ1) is 16.7. The number of halogens is 1. The number of benzene rings is 1. The number of rotatable bonds is 5. The lowest BCUT2D eigenvalue weighted by Gasteiger charge is -2.14. The average molecular weight is 361 g/mol. The molecule has 1 atom stereocenters. The lowest BCUT2D eigenvalue weighted by molar-refractivity contribution is -0.139. The first-order valence-corrected chi connectivity index (χ1v) is 7.63. The highest BCUT2D eigenvalue weighted by molar-refractivity contribution is 6.34. The fourth-order valence-corrected chi connectivity index (χ4v) is 2.65. The van der Waals surface area contributed by atoms with Crippen LogP contribution in [0, 0.1) is 0 Å². The van der Waals surface area contributed by atoms with Gasteiger partial charge >= 0.3 is 5.97 Å². The maximum atomic E-state index is 12.4. The molecule has 9 heteroatoms. The molecule has 2 aromatic heterocycles. The van der Waals surface area contributed by atoms with Gasteiger partial charge in [-0.05, 0) is 0 Å². The first-order valence-electron chi connectivity index (χ1n) is 7.26. The molecule has 128 valence electrons. The van der Waals surface area contributed by atoms with Gasteiger partial charge in [0.05, 0.1) is 12.0 Å². The molecular formula is C16H13ClN4O4. The van der Waals surface area contributed by atoms with E-state index in [2.05, 4.69) is 20.3 Å².